The first kappa shape index (κ1) is 26.5. The first-order valence-corrected chi connectivity index (χ1v) is 12.8. The van der Waals surface area contributed by atoms with E-state index in [2.05, 4.69) is 20.4 Å². The fourth-order valence-electron chi connectivity index (χ4n) is 4.37. The second-order valence-corrected chi connectivity index (χ2v) is 10.1. The SMILES string of the molecule is C[C@@H](CCCn1ccc2cc(-c3ncc4ccsc4n3)c(F)cc2c1=O)Nc1cnn(C)c(=O)c1C(F)(F)F. The first-order valence-electron chi connectivity index (χ1n) is 12.0. The van der Waals surface area contributed by atoms with Crippen molar-refractivity contribution in [1.29, 1.82) is 0 Å². The van der Waals surface area contributed by atoms with Crippen LogP contribution in [0.2, 0.25) is 0 Å². The Balaban J connectivity index is 1.31. The number of nitrogens with zero attached hydrogens (tertiary/aromatic N) is 5. The zero-order chi connectivity index (χ0) is 27.9. The minimum Gasteiger partial charge on any atom is -0.381 e. The molecule has 0 fully saturated rings. The third-order valence-electron chi connectivity index (χ3n) is 6.37. The van der Waals surface area contributed by atoms with Gasteiger partial charge in [0.1, 0.15) is 16.2 Å². The number of aryl methyl sites for hydroxylation is 2. The molecule has 1 aromatic carbocycles. The van der Waals surface area contributed by atoms with Crippen molar-refractivity contribution >= 4 is 38.0 Å². The molecule has 1 atom stereocenters. The van der Waals surface area contributed by atoms with Gasteiger partial charge in [-0.3, -0.25) is 9.59 Å². The zero-order valence-corrected chi connectivity index (χ0v) is 21.6. The van der Waals surface area contributed by atoms with Crippen molar-refractivity contribution in [3.8, 4) is 11.4 Å². The van der Waals surface area contributed by atoms with Crippen LogP contribution < -0.4 is 16.4 Å². The first-order chi connectivity index (χ1) is 18.5. The van der Waals surface area contributed by atoms with Gasteiger partial charge in [0, 0.05) is 37.4 Å². The van der Waals surface area contributed by atoms with E-state index in [1.165, 1.54) is 22.0 Å². The van der Waals surface area contributed by atoms with Crippen LogP contribution in [0.5, 0.6) is 0 Å². The molecule has 5 rings (SSSR count). The summed E-state index contributed by atoms with van der Waals surface area (Å²) >= 11 is 1.42. The predicted octanol–water partition coefficient (Wildman–Crippen LogP) is 5.21. The molecule has 39 heavy (non-hydrogen) atoms. The van der Waals surface area contributed by atoms with Gasteiger partial charge < -0.3 is 9.88 Å². The van der Waals surface area contributed by atoms with Crippen LogP contribution in [0.15, 0.2) is 57.8 Å². The van der Waals surface area contributed by atoms with Gasteiger partial charge in [0.2, 0.25) is 0 Å². The molecule has 0 spiro atoms. The number of hydrogen-bond donors (Lipinski definition) is 1. The molecule has 0 amide bonds. The Labute approximate surface area is 222 Å². The molecule has 8 nitrogen and oxygen atoms in total. The third kappa shape index (κ3) is 5.26. The van der Waals surface area contributed by atoms with Crippen molar-refractivity contribution in [2.45, 2.75) is 38.5 Å². The molecule has 0 saturated carbocycles. The standard InChI is InChI=1S/C26H22F4N6O2S/c1-14(33-20-13-32-35(2)25(38)21(20)26(28,29)30)4-3-7-36-8-5-15-10-18(19(27)11-17(15)24(36)37)22-31-12-16-6-9-39-23(16)34-22/h5-6,8-14,33H,3-4,7H2,1-2H3/t14-/m0/s1. The number of nitrogens with one attached hydrogen (secondary N) is 1. The van der Waals surface area contributed by atoms with E-state index in [0.717, 1.165) is 23.5 Å². The van der Waals surface area contributed by atoms with Gasteiger partial charge in [0.15, 0.2) is 5.82 Å². The number of rotatable bonds is 7. The highest BCUT2D eigenvalue weighted by Gasteiger charge is 2.38. The average Bonchev–Trinajstić information content (AvgIpc) is 3.35. The maximum Gasteiger partial charge on any atom is 0.423 e. The van der Waals surface area contributed by atoms with Gasteiger partial charge in [-0.15, -0.1) is 11.3 Å². The van der Waals surface area contributed by atoms with Gasteiger partial charge in [0.25, 0.3) is 11.1 Å². The highest BCUT2D eigenvalue weighted by Crippen LogP contribution is 2.32. The molecule has 5 aromatic rings. The Hall–Kier alpha value is -4.13. The van der Waals surface area contributed by atoms with Crippen molar-refractivity contribution in [2.24, 2.45) is 7.05 Å². The number of hydrogen-bond acceptors (Lipinski definition) is 7. The quantitative estimate of drug-likeness (QED) is 0.276. The van der Waals surface area contributed by atoms with Crippen LogP contribution in [-0.4, -0.2) is 30.4 Å². The number of anilines is 1. The molecule has 0 radical (unpaired) electrons. The number of alkyl halides is 3. The highest BCUT2D eigenvalue weighted by atomic mass is 32.1. The van der Waals surface area contributed by atoms with Gasteiger partial charge >= 0.3 is 6.18 Å². The maximum atomic E-state index is 15.0. The predicted molar refractivity (Wildman–Crippen MR) is 141 cm³/mol. The number of fused-ring (bicyclic) bond motifs is 2. The summed E-state index contributed by atoms with van der Waals surface area (Å²) in [7, 11) is 1.15. The fourth-order valence-corrected chi connectivity index (χ4v) is 5.11. The van der Waals surface area contributed by atoms with Crippen LogP contribution in [0.3, 0.4) is 0 Å². The van der Waals surface area contributed by atoms with E-state index in [0.29, 0.717) is 22.9 Å². The molecule has 0 aliphatic rings. The molecular formula is C26H22F4N6O2S. The van der Waals surface area contributed by atoms with Crippen LogP contribution in [0.4, 0.5) is 23.2 Å². The second-order valence-electron chi connectivity index (χ2n) is 9.16. The van der Waals surface area contributed by atoms with Crippen LogP contribution in [-0.2, 0) is 19.8 Å². The van der Waals surface area contributed by atoms with Crippen molar-refractivity contribution < 1.29 is 17.6 Å². The molecule has 4 aromatic heterocycles. The Morgan fingerprint density at radius 2 is 1.90 bits per heavy atom. The van der Waals surface area contributed by atoms with Gasteiger partial charge in [0.05, 0.1) is 22.8 Å². The van der Waals surface area contributed by atoms with Gasteiger partial charge in [-0.25, -0.2) is 19.0 Å². The lowest BCUT2D eigenvalue weighted by atomic mass is 10.1. The van der Waals surface area contributed by atoms with Crippen LogP contribution >= 0.6 is 11.3 Å². The largest absolute Gasteiger partial charge is 0.423 e. The normalized spacial score (nSPS) is 12.8. The Kier molecular flexibility index (Phi) is 6.93. The molecule has 0 aliphatic heterocycles. The van der Waals surface area contributed by atoms with E-state index >= 15 is 4.39 Å². The summed E-state index contributed by atoms with van der Waals surface area (Å²) in [6.45, 7) is 1.94. The summed E-state index contributed by atoms with van der Waals surface area (Å²) in [6, 6.07) is 5.86. The zero-order valence-electron chi connectivity index (χ0n) is 20.8. The van der Waals surface area contributed by atoms with Gasteiger partial charge in [-0.05, 0) is 54.8 Å². The number of aromatic nitrogens is 5. The minimum absolute atomic E-state index is 0.193. The summed E-state index contributed by atoms with van der Waals surface area (Å²) < 4.78 is 57.4. The Morgan fingerprint density at radius 3 is 2.67 bits per heavy atom. The lowest BCUT2D eigenvalue weighted by Gasteiger charge is -2.19. The summed E-state index contributed by atoms with van der Waals surface area (Å²) in [4.78, 5) is 34.4. The van der Waals surface area contributed by atoms with Crippen molar-refractivity contribution in [3.63, 3.8) is 0 Å². The Bertz CT molecular complexity index is 1810. The van der Waals surface area contributed by atoms with Crippen LogP contribution in [0.25, 0.3) is 32.4 Å². The fraction of sp³-hybridized carbons (Fsp3) is 0.269. The van der Waals surface area contributed by atoms with E-state index in [4.69, 9.17) is 0 Å². The Morgan fingerprint density at radius 1 is 1.10 bits per heavy atom. The molecule has 1 N–H and O–H groups in total. The summed E-state index contributed by atoms with van der Waals surface area (Å²) in [5.74, 6) is -0.385. The molecule has 0 bridgehead atoms. The average molecular weight is 559 g/mol. The van der Waals surface area contributed by atoms with Crippen LogP contribution in [0.1, 0.15) is 25.3 Å². The maximum absolute atomic E-state index is 15.0. The van der Waals surface area contributed by atoms with Crippen molar-refractivity contribution in [3.05, 3.63) is 80.3 Å². The van der Waals surface area contributed by atoms with E-state index in [-0.39, 0.29) is 28.9 Å². The summed E-state index contributed by atoms with van der Waals surface area (Å²) in [5, 5.41) is 9.86. The number of thiophene rings is 1. The van der Waals surface area contributed by atoms with E-state index in [1.807, 2.05) is 11.4 Å². The summed E-state index contributed by atoms with van der Waals surface area (Å²) in [6.07, 6.45) is 0.197. The number of pyridine rings is 1. The molecule has 0 saturated heterocycles. The lowest BCUT2D eigenvalue weighted by Crippen LogP contribution is -2.31. The molecule has 4 heterocycles. The lowest BCUT2D eigenvalue weighted by molar-refractivity contribution is -0.138. The molecule has 0 aliphatic carbocycles. The molecular weight excluding hydrogens is 536 g/mol. The molecule has 0 unspecified atom stereocenters. The summed E-state index contributed by atoms with van der Waals surface area (Å²) in [5.41, 5.74) is -3.13. The smallest absolute Gasteiger partial charge is 0.381 e. The second kappa shape index (κ2) is 10.2. The van der Waals surface area contributed by atoms with E-state index in [1.54, 1.807) is 31.5 Å². The van der Waals surface area contributed by atoms with Gasteiger partial charge in [-0.2, -0.15) is 18.3 Å². The minimum atomic E-state index is -4.84. The van der Waals surface area contributed by atoms with Crippen molar-refractivity contribution in [1.82, 2.24) is 24.3 Å². The topological polar surface area (TPSA) is 94.7 Å². The molecule has 202 valence electrons. The van der Waals surface area contributed by atoms with Gasteiger partial charge in [-0.1, -0.05) is 0 Å². The molecule has 13 heteroatoms. The third-order valence-corrected chi connectivity index (χ3v) is 7.19. The highest BCUT2D eigenvalue weighted by molar-refractivity contribution is 7.16. The number of halogens is 4. The monoisotopic (exact) mass is 558 g/mol. The van der Waals surface area contributed by atoms with Crippen molar-refractivity contribution in [2.75, 3.05) is 5.32 Å². The van der Waals surface area contributed by atoms with E-state index < -0.39 is 34.8 Å². The van der Waals surface area contributed by atoms with Crippen LogP contribution in [0, 0.1) is 5.82 Å². The number of benzene rings is 1. The van der Waals surface area contributed by atoms with E-state index in [9.17, 15) is 22.8 Å².